The Bertz CT molecular complexity index is 119. The predicted octanol–water partition coefficient (Wildman–Crippen LogP) is 2.55. The van der Waals surface area contributed by atoms with E-state index in [2.05, 4.69) is 20.8 Å². The molecule has 1 heteroatoms. The first-order chi connectivity index (χ1) is 4.99. The van der Waals surface area contributed by atoms with Gasteiger partial charge in [0.2, 0.25) is 0 Å². The molecule has 0 aromatic carbocycles. The molecule has 1 atom stereocenters. The zero-order chi connectivity index (χ0) is 8.48. The molecule has 11 heavy (non-hydrogen) atoms. The first kappa shape index (κ1) is 9.05. The Morgan fingerprint density at radius 1 is 1.36 bits per heavy atom. The Morgan fingerprint density at radius 2 is 1.91 bits per heavy atom. The van der Waals surface area contributed by atoms with E-state index in [0.29, 0.717) is 11.5 Å². The molecule has 1 fully saturated rings. The van der Waals surface area contributed by atoms with Crippen molar-refractivity contribution in [2.24, 2.45) is 17.1 Å². The Morgan fingerprint density at radius 3 is 2.18 bits per heavy atom. The van der Waals surface area contributed by atoms with Crippen LogP contribution in [0.15, 0.2) is 0 Å². The average Bonchev–Trinajstić information content (AvgIpc) is 1.50. The number of hydrogen-bond donors (Lipinski definition) is 1. The molecule has 0 spiro atoms. The second kappa shape index (κ2) is 3.14. The summed E-state index contributed by atoms with van der Waals surface area (Å²) in [5.74, 6) is 0.842. The maximum Gasteiger partial charge on any atom is 0.00721 e. The van der Waals surface area contributed by atoms with E-state index < -0.39 is 0 Å². The number of nitrogens with two attached hydrogens (primary N) is 1. The van der Waals surface area contributed by atoms with Crippen LogP contribution in [0.25, 0.3) is 0 Å². The Balaban J connectivity index is 2.24. The fourth-order valence-electron chi connectivity index (χ4n) is 1.74. The van der Waals surface area contributed by atoms with E-state index in [1.807, 2.05) is 0 Å². The van der Waals surface area contributed by atoms with Gasteiger partial charge in [0.05, 0.1) is 0 Å². The van der Waals surface area contributed by atoms with Crippen LogP contribution in [-0.2, 0) is 0 Å². The number of rotatable bonds is 2. The van der Waals surface area contributed by atoms with Crippen LogP contribution in [0.5, 0.6) is 0 Å². The Kier molecular flexibility index (Phi) is 2.58. The minimum absolute atomic E-state index is 0.412. The lowest BCUT2D eigenvalue weighted by atomic mass is 9.74. The van der Waals surface area contributed by atoms with E-state index in [1.165, 1.54) is 25.7 Å². The zero-order valence-electron chi connectivity index (χ0n) is 8.06. The van der Waals surface area contributed by atoms with Gasteiger partial charge < -0.3 is 5.73 Å². The summed E-state index contributed by atoms with van der Waals surface area (Å²) < 4.78 is 0. The van der Waals surface area contributed by atoms with Gasteiger partial charge in [-0.15, -0.1) is 0 Å². The van der Waals surface area contributed by atoms with Crippen molar-refractivity contribution < 1.29 is 0 Å². The molecule has 0 heterocycles. The highest BCUT2D eigenvalue weighted by molar-refractivity contribution is 4.83. The van der Waals surface area contributed by atoms with E-state index in [0.717, 1.165) is 5.92 Å². The van der Waals surface area contributed by atoms with Crippen LogP contribution in [0.4, 0.5) is 0 Å². The van der Waals surface area contributed by atoms with Crippen LogP contribution in [0.1, 0.15) is 46.5 Å². The van der Waals surface area contributed by atoms with E-state index >= 15 is 0 Å². The topological polar surface area (TPSA) is 26.0 Å². The monoisotopic (exact) mass is 155 g/mol. The van der Waals surface area contributed by atoms with Crippen molar-refractivity contribution in [1.29, 1.82) is 0 Å². The maximum absolute atomic E-state index is 6.07. The van der Waals surface area contributed by atoms with E-state index in [9.17, 15) is 0 Å². The second-order valence-corrected chi connectivity index (χ2v) is 5.12. The van der Waals surface area contributed by atoms with Crippen LogP contribution < -0.4 is 5.73 Å². The Hall–Kier alpha value is -0.0400. The molecular weight excluding hydrogens is 134 g/mol. The molecule has 66 valence electrons. The standard InChI is InChI=1S/C10H21N/c1-10(2,3)7-9(11)8-5-4-6-8/h8-9H,4-7,11H2,1-3H3. The highest BCUT2D eigenvalue weighted by Gasteiger charge is 2.27. The summed E-state index contributed by atoms with van der Waals surface area (Å²) in [5, 5.41) is 0. The predicted molar refractivity (Wildman–Crippen MR) is 49.4 cm³/mol. The third-order valence-electron chi connectivity index (χ3n) is 2.60. The van der Waals surface area contributed by atoms with Crippen molar-refractivity contribution in [1.82, 2.24) is 0 Å². The first-order valence-corrected chi connectivity index (χ1v) is 4.74. The second-order valence-electron chi connectivity index (χ2n) is 5.12. The molecule has 0 aromatic heterocycles. The van der Waals surface area contributed by atoms with Gasteiger partial charge in [-0.05, 0) is 30.6 Å². The maximum atomic E-state index is 6.07. The lowest BCUT2D eigenvalue weighted by molar-refractivity contribution is 0.207. The molecule has 1 unspecified atom stereocenters. The van der Waals surface area contributed by atoms with Gasteiger partial charge in [0.1, 0.15) is 0 Å². The zero-order valence-corrected chi connectivity index (χ0v) is 8.06. The van der Waals surface area contributed by atoms with Crippen molar-refractivity contribution in [3.05, 3.63) is 0 Å². The van der Waals surface area contributed by atoms with Crippen LogP contribution >= 0.6 is 0 Å². The van der Waals surface area contributed by atoms with E-state index in [-0.39, 0.29) is 0 Å². The highest BCUT2D eigenvalue weighted by atomic mass is 14.7. The highest BCUT2D eigenvalue weighted by Crippen LogP contribution is 2.33. The fraction of sp³-hybridized carbons (Fsp3) is 1.00. The van der Waals surface area contributed by atoms with Crippen molar-refractivity contribution in [2.45, 2.75) is 52.5 Å². The summed E-state index contributed by atoms with van der Waals surface area (Å²) >= 11 is 0. The molecule has 0 aromatic rings. The summed E-state index contributed by atoms with van der Waals surface area (Å²) in [4.78, 5) is 0. The third-order valence-corrected chi connectivity index (χ3v) is 2.60. The molecule has 0 saturated heterocycles. The normalized spacial score (nSPS) is 22.9. The quantitative estimate of drug-likeness (QED) is 0.651. The summed E-state index contributed by atoms with van der Waals surface area (Å²) in [6.45, 7) is 6.81. The molecule has 0 amide bonds. The van der Waals surface area contributed by atoms with Crippen LogP contribution in [-0.4, -0.2) is 6.04 Å². The summed E-state index contributed by atoms with van der Waals surface area (Å²) in [6, 6.07) is 0.462. The van der Waals surface area contributed by atoms with Gasteiger partial charge in [0, 0.05) is 6.04 Å². The van der Waals surface area contributed by atoms with Crippen molar-refractivity contribution >= 4 is 0 Å². The molecular formula is C10H21N. The van der Waals surface area contributed by atoms with Crippen LogP contribution in [0.2, 0.25) is 0 Å². The first-order valence-electron chi connectivity index (χ1n) is 4.74. The van der Waals surface area contributed by atoms with Gasteiger partial charge in [-0.3, -0.25) is 0 Å². The lowest BCUT2D eigenvalue weighted by Gasteiger charge is -2.34. The third kappa shape index (κ3) is 2.82. The van der Waals surface area contributed by atoms with Crippen molar-refractivity contribution in [3.63, 3.8) is 0 Å². The smallest absolute Gasteiger partial charge is 0.00721 e. The van der Waals surface area contributed by atoms with Gasteiger partial charge in [-0.2, -0.15) is 0 Å². The summed E-state index contributed by atoms with van der Waals surface area (Å²) in [5.41, 5.74) is 6.48. The largest absolute Gasteiger partial charge is 0.327 e. The van der Waals surface area contributed by atoms with Gasteiger partial charge >= 0.3 is 0 Å². The molecule has 0 radical (unpaired) electrons. The van der Waals surface area contributed by atoms with Crippen LogP contribution in [0, 0.1) is 11.3 Å². The van der Waals surface area contributed by atoms with Gasteiger partial charge in [-0.25, -0.2) is 0 Å². The SMILES string of the molecule is CC(C)(C)CC(N)C1CCC1. The van der Waals surface area contributed by atoms with E-state index in [4.69, 9.17) is 5.73 Å². The van der Waals surface area contributed by atoms with Crippen molar-refractivity contribution in [2.75, 3.05) is 0 Å². The average molecular weight is 155 g/mol. The van der Waals surface area contributed by atoms with Crippen LogP contribution in [0.3, 0.4) is 0 Å². The van der Waals surface area contributed by atoms with Gasteiger partial charge in [0.15, 0.2) is 0 Å². The molecule has 0 bridgehead atoms. The molecule has 1 aliphatic carbocycles. The molecule has 1 aliphatic rings. The molecule has 1 nitrogen and oxygen atoms in total. The molecule has 1 saturated carbocycles. The summed E-state index contributed by atoms with van der Waals surface area (Å²) in [6.07, 6.45) is 5.33. The van der Waals surface area contributed by atoms with Gasteiger partial charge in [-0.1, -0.05) is 27.2 Å². The lowest BCUT2D eigenvalue weighted by Crippen LogP contribution is -2.37. The Labute approximate surface area is 70.4 Å². The molecule has 1 rings (SSSR count). The van der Waals surface area contributed by atoms with Gasteiger partial charge in [0.25, 0.3) is 0 Å². The molecule has 0 aliphatic heterocycles. The molecule has 2 N–H and O–H groups in total. The number of hydrogen-bond acceptors (Lipinski definition) is 1. The summed E-state index contributed by atoms with van der Waals surface area (Å²) in [7, 11) is 0. The minimum Gasteiger partial charge on any atom is -0.327 e. The fourth-order valence-corrected chi connectivity index (χ4v) is 1.74. The van der Waals surface area contributed by atoms with Crippen molar-refractivity contribution in [3.8, 4) is 0 Å². The minimum atomic E-state index is 0.412. The van der Waals surface area contributed by atoms with E-state index in [1.54, 1.807) is 0 Å².